The maximum atomic E-state index is 13.9. The van der Waals surface area contributed by atoms with Gasteiger partial charge >= 0.3 is 11.0 Å². The molecule has 4 aliphatic rings. The third kappa shape index (κ3) is 3.67. The molecule has 1 N–H and O–H groups in total. The molecule has 0 spiro atoms. The van der Waals surface area contributed by atoms with Crippen LogP contribution in [-0.2, 0) is 15.8 Å². The van der Waals surface area contributed by atoms with Crippen LogP contribution in [0.2, 0.25) is 0 Å². The van der Waals surface area contributed by atoms with E-state index in [0.717, 1.165) is 37.6 Å². The zero-order valence-electron chi connectivity index (χ0n) is 21.9. The minimum absolute atomic E-state index is 0.0302. The number of imide groups is 1. The highest BCUT2D eigenvalue weighted by Crippen LogP contribution is 2.68. The van der Waals surface area contributed by atoms with E-state index in [1.807, 2.05) is 30.3 Å². The van der Waals surface area contributed by atoms with Gasteiger partial charge < -0.3 is 4.98 Å². The Balaban J connectivity index is 1.20. The lowest BCUT2D eigenvalue weighted by Crippen LogP contribution is -2.42. The van der Waals surface area contributed by atoms with Gasteiger partial charge in [0.25, 0.3) is 0 Å². The molecule has 10 heteroatoms. The van der Waals surface area contributed by atoms with E-state index in [0.29, 0.717) is 6.42 Å². The van der Waals surface area contributed by atoms with Crippen LogP contribution in [0.4, 0.5) is 18.9 Å². The second kappa shape index (κ2) is 9.18. The lowest BCUT2D eigenvalue weighted by atomic mass is 9.68. The summed E-state index contributed by atoms with van der Waals surface area (Å²) in [5.41, 5.74) is 1.81. The number of anilines is 1. The third-order valence-electron chi connectivity index (χ3n) is 9.55. The maximum absolute atomic E-state index is 13.9. The normalized spacial score (nSPS) is 29.5. The van der Waals surface area contributed by atoms with Gasteiger partial charge in [-0.3, -0.25) is 14.4 Å². The molecule has 3 fully saturated rings. The Kier molecular flexibility index (Phi) is 5.69. The molecule has 8 rings (SSSR count). The maximum Gasteiger partial charge on any atom is 0.418 e. The summed E-state index contributed by atoms with van der Waals surface area (Å²) in [7, 11) is 0. The first-order valence-electron chi connectivity index (χ1n) is 13.8. The molecule has 7 atom stereocenters. The topological polar surface area (TPSA) is 70.2 Å². The number of rotatable bonds is 3. The van der Waals surface area contributed by atoms with E-state index in [4.69, 9.17) is 0 Å². The minimum Gasteiger partial charge on any atom is -0.307 e. The molecule has 4 aromatic rings. The van der Waals surface area contributed by atoms with Crippen molar-refractivity contribution in [3.05, 3.63) is 105 Å². The Hall–Kier alpha value is -3.63. The molecule has 2 aliphatic carbocycles. The number of carbonyl (C=O) groups is 2. The Labute approximate surface area is 246 Å². The molecular weight excluding hydrogens is 581 g/mol. The van der Waals surface area contributed by atoms with Gasteiger partial charge in [0, 0.05) is 16.0 Å². The van der Waals surface area contributed by atoms with Crippen molar-refractivity contribution < 1.29 is 22.8 Å². The molecule has 2 saturated carbocycles. The molecule has 1 saturated heterocycles. The molecule has 42 heavy (non-hydrogen) atoms. The van der Waals surface area contributed by atoms with Gasteiger partial charge in [-0.2, -0.15) is 13.2 Å². The average molecular weight is 605 g/mol. The first kappa shape index (κ1) is 26.0. The number of para-hydroxylation sites is 1. The lowest BCUT2D eigenvalue weighted by Gasteiger charge is -2.43. The van der Waals surface area contributed by atoms with Crippen molar-refractivity contribution in [1.29, 1.82) is 0 Å². The quantitative estimate of drug-likeness (QED) is 0.261. The number of fused-ring (bicyclic) bond motifs is 9. The van der Waals surface area contributed by atoms with E-state index in [9.17, 15) is 27.6 Å². The van der Waals surface area contributed by atoms with Gasteiger partial charge in [-0.25, -0.2) is 4.90 Å². The SMILES string of the molecule is O=C1C2C(C(=O)N1c1ccccc1C(F)(F)F)[C@@H]1C[C@H]2C2Sc3[nH]c(=O)sc3C(c3ccc(-c4ccccc4)cc3)C21. The highest BCUT2D eigenvalue weighted by Gasteiger charge is 2.70. The summed E-state index contributed by atoms with van der Waals surface area (Å²) >= 11 is 2.74. The van der Waals surface area contributed by atoms with Gasteiger partial charge in [-0.05, 0) is 53.0 Å². The molecule has 5 nitrogen and oxygen atoms in total. The van der Waals surface area contributed by atoms with Crippen LogP contribution < -0.4 is 9.77 Å². The van der Waals surface area contributed by atoms with Gasteiger partial charge in [-0.1, -0.05) is 78.1 Å². The van der Waals surface area contributed by atoms with Crippen LogP contribution in [0, 0.1) is 29.6 Å². The van der Waals surface area contributed by atoms with Gasteiger partial charge in [0.05, 0.1) is 28.1 Å². The molecule has 0 radical (unpaired) electrons. The van der Waals surface area contributed by atoms with Crippen LogP contribution in [0.3, 0.4) is 0 Å². The molecule has 5 unspecified atom stereocenters. The highest BCUT2D eigenvalue weighted by atomic mass is 32.2. The summed E-state index contributed by atoms with van der Waals surface area (Å²) in [4.78, 5) is 44.8. The molecule has 1 aromatic heterocycles. The number of benzene rings is 3. The number of aromatic amines is 1. The number of H-pyrrole nitrogens is 1. The fourth-order valence-electron chi connectivity index (χ4n) is 8.05. The highest BCUT2D eigenvalue weighted by molar-refractivity contribution is 8.00. The third-order valence-corrected chi connectivity index (χ3v) is 12.1. The van der Waals surface area contributed by atoms with E-state index in [2.05, 4.69) is 29.2 Å². The van der Waals surface area contributed by atoms with E-state index >= 15 is 0 Å². The minimum atomic E-state index is -4.70. The molecular formula is C32H23F3N2O3S2. The van der Waals surface area contributed by atoms with E-state index in [-0.39, 0.29) is 39.5 Å². The monoisotopic (exact) mass is 604 g/mol. The summed E-state index contributed by atoms with van der Waals surface area (Å²) in [6.07, 6.45) is -4.03. The predicted octanol–water partition coefficient (Wildman–Crippen LogP) is 6.80. The standard InChI is InChI=1S/C32H23F3N2O3S2/c33-32(34,35)20-8-4-5-9-21(20)37-29(38)24-18-14-19(25(24)30(37)39)26-23(18)22(27-28(41-26)36-31(40)42-27)17-12-10-16(11-13-17)15-6-2-1-3-7-15/h1-13,18-19,22-26H,14H2,(H,36,40)/t18-,19-,22?,23?,24?,25?,26?/m1/s1. The second-order valence-corrected chi connectivity index (χ2v) is 13.7. The average Bonchev–Trinajstić information content (AvgIpc) is 3.72. The number of hydrogen-bond donors (Lipinski definition) is 1. The lowest BCUT2D eigenvalue weighted by molar-refractivity contribution is -0.137. The summed E-state index contributed by atoms with van der Waals surface area (Å²) in [6, 6.07) is 23.1. The molecule has 212 valence electrons. The van der Waals surface area contributed by atoms with Crippen LogP contribution in [0.5, 0.6) is 0 Å². The van der Waals surface area contributed by atoms with Crippen molar-refractivity contribution >= 4 is 40.6 Å². The van der Waals surface area contributed by atoms with Crippen LogP contribution in [-0.4, -0.2) is 22.0 Å². The van der Waals surface area contributed by atoms with E-state index < -0.39 is 35.4 Å². The van der Waals surface area contributed by atoms with Crippen LogP contribution >= 0.6 is 23.1 Å². The smallest absolute Gasteiger partial charge is 0.307 e. The van der Waals surface area contributed by atoms with E-state index in [1.165, 1.54) is 29.5 Å². The summed E-state index contributed by atoms with van der Waals surface area (Å²) in [6.45, 7) is 0. The van der Waals surface area contributed by atoms with Gasteiger partial charge in [0.1, 0.15) is 0 Å². The summed E-state index contributed by atoms with van der Waals surface area (Å²) in [5, 5.41) is 0.755. The number of amides is 2. The molecule has 2 amide bonds. The van der Waals surface area contributed by atoms with E-state index in [1.54, 1.807) is 11.8 Å². The van der Waals surface area contributed by atoms with Crippen molar-refractivity contribution in [3.63, 3.8) is 0 Å². The Morgan fingerprint density at radius 1 is 0.786 bits per heavy atom. The molecule has 3 heterocycles. The van der Waals surface area contributed by atoms with Gasteiger partial charge in [0.15, 0.2) is 0 Å². The zero-order chi connectivity index (χ0) is 28.9. The van der Waals surface area contributed by atoms with Crippen molar-refractivity contribution in [3.8, 4) is 11.1 Å². The predicted molar refractivity (Wildman–Crippen MR) is 154 cm³/mol. The molecule has 3 aromatic carbocycles. The van der Waals surface area contributed by atoms with Gasteiger partial charge in [-0.15, -0.1) is 11.8 Å². The number of alkyl halides is 3. The van der Waals surface area contributed by atoms with Crippen molar-refractivity contribution in [2.75, 3.05) is 4.90 Å². The fraction of sp³-hybridized carbons (Fsp3) is 0.281. The number of hydrogen-bond acceptors (Lipinski definition) is 5. The molecule has 2 aliphatic heterocycles. The van der Waals surface area contributed by atoms with Crippen molar-refractivity contribution in [2.45, 2.75) is 28.8 Å². The summed E-state index contributed by atoms with van der Waals surface area (Å²) < 4.78 is 41.7. The Morgan fingerprint density at radius 3 is 2.14 bits per heavy atom. The Morgan fingerprint density at radius 2 is 1.43 bits per heavy atom. The first-order chi connectivity index (χ1) is 20.2. The summed E-state index contributed by atoms with van der Waals surface area (Å²) in [5.74, 6) is -2.95. The second-order valence-electron chi connectivity index (χ2n) is 11.5. The Bertz CT molecular complexity index is 1800. The number of carbonyl (C=O) groups excluding carboxylic acids is 2. The number of halogens is 3. The van der Waals surface area contributed by atoms with Gasteiger partial charge in [0.2, 0.25) is 11.8 Å². The first-order valence-corrected chi connectivity index (χ1v) is 15.5. The largest absolute Gasteiger partial charge is 0.418 e. The van der Waals surface area contributed by atoms with Crippen LogP contribution in [0.25, 0.3) is 11.1 Å². The zero-order valence-corrected chi connectivity index (χ0v) is 23.5. The van der Waals surface area contributed by atoms with Crippen molar-refractivity contribution in [2.24, 2.45) is 29.6 Å². The fourth-order valence-corrected chi connectivity index (χ4v) is 10.9. The number of aromatic nitrogens is 1. The number of thiazole rings is 1. The van der Waals surface area contributed by atoms with Crippen molar-refractivity contribution in [1.82, 2.24) is 4.98 Å². The number of nitrogens with zero attached hydrogens (tertiary/aromatic N) is 1. The van der Waals surface area contributed by atoms with Crippen LogP contribution in [0.1, 0.15) is 28.3 Å². The van der Waals surface area contributed by atoms with Crippen LogP contribution in [0.15, 0.2) is 88.7 Å². The molecule has 2 bridgehead atoms. The number of nitrogens with one attached hydrogen (secondary N) is 1. The number of thioether (sulfide) groups is 1.